The fourth-order valence-electron chi connectivity index (χ4n) is 6.09. The van der Waals surface area contributed by atoms with Gasteiger partial charge in [-0.05, 0) is 55.2 Å². The molecule has 2 amide bonds. The summed E-state index contributed by atoms with van der Waals surface area (Å²) in [5.74, 6) is -0.881. The maximum absolute atomic E-state index is 14.6. The third-order valence-electron chi connectivity index (χ3n) is 8.62. The van der Waals surface area contributed by atoms with Crippen LogP contribution in [0, 0.1) is 17.0 Å². The van der Waals surface area contributed by atoms with Crippen LogP contribution in [0.4, 0.5) is 11.4 Å². The molecule has 5 rings (SSSR count). The van der Waals surface area contributed by atoms with Crippen LogP contribution in [0.2, 0.25) is 0 Å². The first-order valence-corrected chi connectivity index (χ1v) is 17.6. The molecule has 1 aliphatic carbocycles. The van der Waals surface area contributed by atoms with Crippen LogP contribution in [0.15, 0.2) is 114 Å². The zero-order valence-corrected chi connectivity index (χ0v) is 27.7. The number of carbonyl (C=O) groups is 2. The minimum atomic E-state index is -4.31. The monoisotopic (exact) mass is 668 g/mol. The molecule has 1 fully saturated rings. The van der Waals surface area contributed by atoms with E-state index in [0.29, 0.717) is 0 Å². The van der Waals surface area contributed by atoms with Crippen LogP contribution in [0.25, 0.3) is 0 Å². The number of benzene rings is 4. The molecule has 1 saturated carbocycles. The Kier molecular flexibility index (Phi) is 11.2. The van der Waals surface area contributed by atoms with Gasteiger partial charge in [0.1, 0.15) is 12.6 Å². The summed E-state index contributed by atoms with van der Waals surface area (Å²) in [6.45, 7) is 1.37. The maximum Gasteiger partial charge on any atom is 0.269 e. The molecule has 0 saturated heterocycles. The number of anilines is 1. The van der Waals surface area contributed by atoms with Gasteiger partial charge in [0.15, 0.2) is 0 Å². The molecule has 4 aromatic rings. The second kappa shape index (κ2) is 15.7. The lowest BCUT2D eigenvalue weighted by atomic mass is 9.94. The molecule has 0 aromatic heterocycles. The van der Waals surface area contributed by atoms with Gasteiger partial charge in [-0.25, -0.2) is 8.42 Å². The summed E-state index contributed by atoms with van der Waals surface area (Å²) in [5, 5.41) is 14.6. The highest BCUT2D eigenvalue weighted by Gasteiger charge is 2.35. The number of aryl methyl sites for hydroxylation is 1. The van der Waals surface area contributed by atoms with Crippen LogP contribution in [0.3, 0.4) is 0 Å². The van der Waals surface area contributed by atoms with Gasteiger partial charge < -0.3 is 10.2 Å². The van der Waals surface area contributed by atoms with Crippen molar-refractivity contribution in [2.75, 3.05) is 10.8 Å². The third-order valence-corrected chi connectivity index (χ3v) is 10.4. The first kappa shape index (κ1) is 34.3. The molecule has 11 heteroatoms. The standard InChI is InChI=1S/C37H40N4O6S/c1-28-12-11-15-30(24-28)26-39(35(25-29-13-5-2-6-14-29)37(43)38-31-16-7-3-8-17-31)36(42)27-40(32-20-22-33(23-21-32)41(44)45)48(46,47)34-18-9-4-10-19-34/h2,4-6,9-15,18-24,31,35H,3,7-8,16-17,25-27H2,1H3,(H,38,43)/t35-/m1/s1. The Morgan fingerprint density at radius 1 is 0.854 bits per heavy atom. The normalized spacial score (nSPS) is 14.1. The number of nitrogens with one attached hydrogen (secondary N) is 1. The molecule has 10 nitrogen and oxygen atoms in total. The molecule has 0 unspecified atom stereocenters. The van der Waals surface area contributed by atoms with Crippen molar-refractivity contribution in [1.29, 1.82) is 0 Å². The molecule has 0 aliphatic heterocycles. The summed E-state index contributed by atoms with van der Waals surface area (Å²) in [5.41, 5.74) is 2.49. The van der Waals surface area contributed by atoms with Gasteiger partial charge in [0.2, 0.25) is 11.8 Å². The molecule has 0 spiro atoms. The average Bonchev–Trinajstić information content (AvgIpc) is 3.10. The van der Waals surface area contributed by atoms with E-state index < -0.39 is 33.4 Å². The number of non-ortho nitro benzene ring substituents is 1. The van der Waals surface area contributed by atoms with Gasteiger partial charge in [-0.3, -0.25) is 24.0 Å². The Bertz CT molecular complexity index is 1810. The Hall–Kier alpha value is -5.03. The SMILES string of the molecule is Cc1cccc(CN(C(=O)CN(c2ccc([N+](=O)[O-])cc2)S(=O)(=O)c2ccccc2)[C@H](Cc2ccccc2)C(=O)NC2CCCCC2)c1. The minimum Gasteiger partial charge on any atom is -0.352 e. The lowest BCUT2D eigenvalue weighted by Gasteiger charge is -2.35. The second-order valence-electron chi connectivity index (χ2n) is 12.2. The minimum absolute atomic E-state index is 0.00416. The number of rotatable bonds is 13. The summed E-state index contributed by atoms with van der Waals surface area (Å²) in [6.07, 6.45) is 5.09. The summed E-state index contributed by atoms with van der Waals surface area (Å²) < 4.78 is 29.2. The number of nitro groups is 1. The molecule has 1 N–H and O–H groups in total. The van der Waals surface area contributed by atoms with Gasteiger partial charge in [0, 0.05) is 31.1 Å². The Labute approximate surface area is 281 Å². The van der Waals surface area contributed by atoms with Crippen molar-refractivity contribution in [2.45, 2.75) is 69.0 Å². The van der Waals surface area contributed by atoms with Gasteiger partial charge >= 0.3 is 0 Å². The molecule has 48 heavy (non-hydrogen) atoms. The number of nitrogens with zero attached hydrogens (tertiary/aromatic N) is 3. The van der Waals surface area contributed by atoms with Crippen molar-refractivity contribution < 1.29 is 22.9 Å². The van der Waals surface area contributed by atoms with E-state index in [2.05, 4.69) is 5.32 Å². The van der Waals surface area contributed by atoms with Crippen molar-refractivity contribution >= 4 is 33.2 Å². The topological polar surface area (TPSA) is 130 Å². The summed E-state index contributed by atoms with van der Waals surface area (Å²) in [7, 11) is -4.31. The van der Waals surface area contributed by atoms with Crippen molar-refractivity contribution in [3.63, 3.8) is 0 Å². The smallest absolute Gasteiger partial charge is 0.269 e. The van der Waals surface area contributed by atoms with Crippen molar-refractivity contribution in [1.82, 2.24) is 10.2 Å². The van der Waals surface area contributed by atoms with E-state index in [-0.39, 0.29) is 41.2 Å². The highest BCUT2D eigenvalue weighted by molar-refractivity contribution is 7.92. The number of hydrogen-bond donors (Lipinski definition) is 1. The van der Waals surface area contributed by atoms with Gasteiger partial charge in [0.25, 0.3) is 15.7 Å². The highest BCUT2D eigenvalue weighted by atomic mass is 32.2. The van der Waals surface area contributed by atoms with E-state index >= 15 is 0 Å². The summed E-state index contributed by atoms with van der Waals surface area (Å²) in [6, 6.07) is 28.9. The number of amides is 2. The summed E-state index contributed by atoms with van der Waals surface area (Å²) in [4.78, 5) is 41.0. The number of nitro benzene ring substituents is 1. The molecule has 1 atom stereocenters. The largest absolute Gasteiger partial charge is 0.352 e. The van der Waals surface area contributed by atoms with Crippen molar-refractivity contribution in [3.8, 4) is 0 Å². The summed E-state index contributed by atoms with van der Waals surface area (Å²) >= 11 is 0. The van der Waals surface area contributed by atoms with E-state index in [1.807, 2.05) is 61.5 Å². The Balaban J connectivity index is 1.57. The van der Waals surface area contributed by atoms with E-state index in [1.165, 1.54) is 41.3 Å². The van der Waals surface area contributed by atoms with Gasteiger partial charge in [0.05, 0.1) is 15.5 Å². The maximum atomic E-state index is 14.6. The molecule has 0 heterocycles. The van der Waals surface area contributed by atoms with E-state index in [0.717, 1.165) is 53.1 Å². The van der Waals surface area contributed by atoms with Gasteiger partial charge in [-0.2, -0.15) is 0 Å². The second-order valence-corrected chi connectivity index (χ2v) is 14.0. The molecule has 4 aromatic carbocycles. The van der Waals surface area contributed by atoms with Crippen LogP contribution in [0.5, 0.6) is 0 Å². The molecule has 0 bridgehead atoms. The highest BCUT2D eigenvalue weighted by Crippen LogP contribution is 2.27. The molecule has 250 valence electrons. The van der Waals surface area contributed by atoms with Crippen LogP contribution in [0.1, 0.15) is 48.8 Å². The van der Waals surface area contributed by atoms with E-state index in [9.17, 15) is 28.1 Å². The third kappa shape index (κ3) is 8.65. The van der Waals surface area contributed by atoms with Gasteiger partial charge in [-0.1, -0.05) is 97.6 Å². The lowest BCUT2D eigenvalue weighted by Crippen LogP contribution is -2.55. The fourth-order valence-corrected chi connectivity index (χ4v) is 7.53. The Morgan fingerprint density at radius 2 is 1.48 bits per heavy atom. The predicted molar refractivity (Wildman–Crippen MR) is 185 cm³/mol. The molecule has 1 aliphatic rings. The Morgan fingerprint density at radius 3 is 2.10 bits per heavy atom. The quantitative estimate of drug-likeness (QED) is 0.134. The zero-order chi connectivity index (χ0) is 34.1. The molecular formula is C37H40N4O6S. The first-order chi connectivity index (χ1) is 23.1. The van der Waals surface area contributed by atoms with Crippen LogP contribution >= 0.6 is 0 Å². The average molecular weight is 669 g/mol. The lowest BCUT2D eigenvalue weighted by molar-refractivity contribution is -0.384. The first-order valence-electron chi connectivity index (χ1n) is 16.1. The van der Waals surface area contributed by atoms with Crippen molar-refractivity contribution in [3.05, 3.63) is 136 Å². The zero-order valence-electron chi connectivity index (χ0n) is 26.9. The number of sulfonamides is 1. The number of hydrogen-bond acceptors (Lipinski definition) is 6. The van der Waals surface area contributed by atoms with Crippen LogP contribution in [-0.4, -0.2) is 48.7 Å². The number of carbonyl (C=O) groups excluding carboxylic acids is 2. The van der Waals surface area contributed by atoms with Crippen LogP contribution in [-0.2, 0) is 32.6 Å². The van der Waals surface area contributed by atoms with E-state index in [1.54, 1.807) is 18.2 Å². The van der Waals surface area contributed by atoms with E-state index in [4.69, 9.17) is 0 Å². The fraction of sp³-hybridized carbons (Fsp3) is 0.297. The predicted octanol–water partition coefficient (Wildman–Crippen LogP) is 6.19. The molecular weight excluding hydrogens is 628 g/mol. The van der Waals surface area contributed by atoms with Crippen LogP contribution < -0.4 is 9.62 Å². The molecule has 0 radical (unpaired) electrons. The van der Waals surface area contributed by atoms with Crippen molar-refractivity contribution in [2.24, 2.45) is 0 Å². The van der Waals surface area contributed by atoms with Gasteiger partial charge in [-0.15, -0.1) is 0 Å².